The van der Waals surface area contributed by atoms with Crippen LogP contribution < -0.4 is 15.4 Å². The number of carbonyl (C=O) groups excluding carboxylic acids is 1. The Hall–Kier alpha value is -3.13. The van der Waals surface area contributed by atoms with Crippen LogP contribution in [0.25, 0.3) is 5.65 Å². The molecule has 8 nitrogen and oxygen atoms in total. The van der Waals surface area contributed by atoms with Crippen LogP contribution in [-0.2, 0) is 0 Å². The average molecular weight is 463 g/mol. The number of amides is 1. The van der Waals surface area contributed by atoms with Crippen LogP contribution in [0.4, 0.5) is 5.82 Å². The third kappa shape index (κ3) is 4.46. The van der Waals surface area contributed by atoms with Crippen molar-refractivity contribution in [2.75, 3.05) is 24.5 Å². The van der Waals surface area contributed by atoms with Crippen molar-refractivity contribution in [3.8, 4) is 5.75 Å². The molecule has 3 aromatic rings. The summed E-state index contributed by atoms with van der Waals surface area (Å²) in [5.41, 5.74) is 9.55. The molecule has 2 saturated heterocycles. The van der Waals surface area contributed by atoms with Gasteiger partial charge in [-0.15, -0.1) is 0 Å². The van der Waals surface area contributed by atoms with E-state index in [9.17, 15) is 4.79 Å². The van der Waals surface area contributed by atoms with Gasteiger partial charge in [-0.3, -0.25) is 4.79 Å². The first-order valence-corrected chi connectivity index (χ1v) is 12.3. The SMILES string of the molecule is Cc1cn2nc(C3CCCCN3C(=O)c3cccc(OC(C)C)c3)cc2nc1N1CCC(N)C1. The minimum atomic E-state index is -0.0680. The quantitative estimate of drug-likeness (QED) is 0.622. The number of piperidine rings is 1. The van der Waals surface area contributed by atoms with E-state index in [-0.39, 0.29) is 24.1 Å². The number of rotatable bonds is 5. The maximum absolute atomic E-state index is 13.6. The number of nitrogens with zero attached hydrogens (tertiary/aromatic N) is 5. The summed E-state index contributed by atoms with van der Waals surface area (Å²) in [7, 11) is 0. The van der Waals surface area contributed by atoms with Crippen LogP contribution in [0, 0.1) is 6.92 Å². The van der Waals surface area contributed by atoms with Crippen LogP contribution in [0.5, 0.6) is 5.75 Å². The van der Waals surface area contributed by atoms with E-state index in [4.69, 9.17) is 20.6 Å². The van der Waals surface area contributed by atoms with Crippen molar-refractivity contribution in [2.24, 2.45) is 5.73 Å². The third-order valence-corrected chi connectivity index (χ3v) is 6.71. The largest absolute Gasteiger partial charge is 0.491 e. The van der Waals surface area contributed by atoms with Gasteiger partial charge in [-0.2, -0.15) is 5.10 Å². The highest BCUT2D eigenvalue weighted by Gasteiger charge is 2.31. The molecule has 4 heterocycles. The van der Waals surface area contributed by atoms with Gasteiger partial charge in [-0.25, -0.2) is 9.50 Å². The highest BCUT2D eigenvalue weighted by atomic mass is 16.5. The molecule has 0 spiro atoms. The summed E-state index contributed by atoms with van der Waals surface area (Å²) in [6.07, 6.45) is 6.04. The standard InChI is InChI=1S/C26H34N6O2/c1-17(2)34-21-8-6-7-19(13-21)26(33)31-11-5-4-9-23(31)22-14-24-28-25(18(3)15-32(24)29-22)30-12-10-20(27)16-30/h6-8,13-15,17,20,23H,4-5,9-12,16,27H2,1-3H3. The maximum atomic E-state index is 13.6. The highest BCUT2D eigenvalue weighted by Crippen LogP contribution is 2.33. The van der Waals surface area contributed by atoms with Crippen LogP contribution in [0.2, 0.25) is 0 Å². The summed E-state index contributed by atoms with van der Waals surface area (Å²) >= 11 is 0. The fraction of sp³-hybridized carbons (Fsp3) is 0.500. The van der Waals surface area contributed by atoms with Gasteiger partial charge >= 0.3 is 0 Å². The van der Waals surface area contributed by atoms with Gasteiger partial charge in [0.1, 0.15) is 11.6 Å². The van der Waals surface area contributed by atoms with Gasteiger partial charge in [0.05, 0.1) is 17.8 Å². The van der Waals surface area contributed by atoms with E-state index in [1.165, 1.54) is 0 Å². The molecule has 2 unspecified atom stereocenters. The second-order valence-corrected chi connectivity index (χ2v) is 9.82. The molecule has 2 aliphatic rings. The Morgan fingerprint density at radius 1 is 1.18 bits per heavy atom. The van der Waals surface area contributed by atoms with Crippen LogP contribution in [0.3, 0.4) is 0 Å². The first kappa shape index (κ1) is 22.7. The molecule has 5 rings (SSSR count). The van der Waals surface area contributed by atoms with Crippen molar-refractivity contribution < 1.29 is 9.53 Å². The van der Waals surface area contributed by atoms with E-state index in [2.05, 4.69) is 11.8 Å². The van der Waals surface area contributed by atoms with Crippen LogP contribution in [0.15, 0.2) is 36.5 Å². The van der Waals surface area contributed by atoms with E-state index in [1.54, 1.807) is 0 Å². The molecule has 1 aromatic carbocycles. The lowest BCUT2D eigenvalue weighted by Gasteiger charge is -2.34. The number of aryl methyl sites for hydroxylation is 1. The Bertz CT molecular complexity index is 1190. The van der Waals surface area contributed by atoms with Gasteiger partial charge in [-0.05, 0) is 64.7 Å². The Balaban J connectivity index is 1.43. The predicted octanol–water partition coefficient (Wildman–Crippen LogP) is 3.73. The molecule has 2 N–H and O–H groups in total. The highest BCUT2D eigenvalue weighted by molar-refractivity contribution is 5.95. The topological polar surface area (TPSA) is 89.0 Å². The first-order chi connectivity index (χ1) is 16.4. The molecule has 0 bridgehead atoms. The average Bonchev–Trinajstić information content (AvgIpc) is 3.43. The molecule has 2 fully saturated rings. The van der Waals surface area contributed by atoms with Gasteiger partial charge in [0.25, 0.3) is 5.91 Å². The Morgan fingerprint density at radius 2 is 2.03 bits per heavy atom. The monoisotopic (exact) mass is 462 g/mol. The van der Waals surface area contributed by atoms with Crippen molar-refractivity contribution in [1.29, 1.82) is 0 Å². The summed E-state index contributed by atoms with van der Waals surface area (Å²) in [5.74, 6) is 1.72. The summed E-state index contributed by atoms with van der Waals surface area (Å²) < 4.78 is 7.65. The van der Waals surface area contributed by atoms with Gasteiger partial charge in [0.15, 0.2) is 5.65 Å². The molecule has 1 amide bonds. The molecular formula is C26H34N6O2. The molecule has 0 aliphatic carbocycles. The lowest BCUT2D eigenvalue weighted by molar-refractivity contribution is 0.0605. The Morgan fingerprint density at radius 3 is 2.79 bits per heavy atom. The summed E-state index contributed by atoms with van der Waals surface area (Å²) in [6, 6.07) is 9.65. The van der Waals surface area contributed by atoms with Crippen molar-refractivity contribution in [3.05, 3.63) is 53.3 Å². The zero-order valence-electron chi connectivity index (χ0n) is 20.3. The van der Waals surface area contributed by atoms with Crippen molar-refractivity contribution in [3.63, 3.8) is 0 Å². The van der Waals surface area contributed by atoms with Crippen LogP contribution in [-0.4, -0.2) is 57.2 Å². The lowest BCUT2D eigenvalue weighted by atomic mass is 9.98. The number of hydrogen-bond donors (Lipinski definition) is 1. The van der Waals surface area contributed by atoms with Gasteiger partial charge < -0.3 is 20.3 Å². The van der Waals surface area contributed by atoms with E-state index < -0.39 is 0 Å². The van der Waals surface area contributed by atoms with E-state index in [1.807, 2.05) is 59.8 Å². The fourth-order valence-electron chi connectivity index (χ4n) is 5.10. The number of aromatic nitrogens is 3. The van der Waals surface area contributed by atoms with E-state index in [0.29, 0.717) is 5.56 Å². The number of nitrogens with two attached hydrogens (primary N) is 1. The first-order valence-electron chi connectivity index (χ1n) is 12.3. The molecule has 0 radical (unpaired) electrons. The second-order valence-electron chi connectivity index (χ2n) is 9.82. The van der Waals surface area contributed by atoms with Gasteiger partial charge in [0, 0.05) is 49.1 Å². The molecule has 2 aliphatic heterocycles. The number of likely N-dealkylation sites (tertiary alicyclic amines) is 1. The summed E-state index contributed by atoms with van der Waals surface area (Å²) in [5, 5.41) is 4.86. The number of ether oxygens (including phenoxy) is 1. The fourth-order valence-corrected chi connectivity index (χ4v) is 5.10. The van der Waals surface area contributed by atoms with Crippen LogP contribution >= 0.6 is 0 Å². The second kappa shape index (κ2) is 9.25. The molecule has 34 heavy (non-hydrogen) atoms. The van der Waals surface area contributed by atoms with Crippen molar-refractivity contribution in [1.82, 2.24) is 19.5 Å². The minimum absolute atomic E-state index is 0.0202. The number of carbonyl (C=O) groups is 1. The third-order valence-electron chi connectivity index (χ3n) is 6.71. The molecule has 0 saturated carbocycles. The minimum Gasteiger partial charge on any atom is -0.491 e. The number of benzene rings is 1. The molecular weight excluding hydrogens is 428 g/mol. The van der Waals surface area contributed by atoms with Gasteiger partial charge in [-0.1, -0.05) is 6.07 Å². The van der Waals surface area contributed by atoms with Crippen molar-refractivity contribution in [2.45, 2.75) is 64.6 Å². The number of hydrogen-bond acceptors (Lipinski definition) is 6. The molecule has 180 valence electrons. The Labute approximate surface area is 200 Å². The maximum Gasteiger partial charge on any atom is 0.254 e. The van der Waals surface area contributed by atoms with E-state index >= 15 is 0 Å². The molecule has 2 atom stereocenters. The Kier molecular flexibility index (Phi) is 6.16. The van der Waals surface area contributed by atoms with Crippen molar-refractivity contribution >= 4 is 17.4 Å². The molecule has 8 heteroatoms. The predicted molar refractivity (Wildman–Crippen MR) is 132 cm³/mol. The molecule has 2 aromatic heterocycles. The zero-order chi connectivity index (χ0) is 23.8. The summed E-state index contributed by atoms with van der Waals surface area (Å²) in [4.78, 5) is 22.7. The lowest BCUT2D eigenvalue weighted by Crippen LogP contribution is -2.38. The summed E-state index contributed by atoms with van der Waals surface area (Å²) in [6.45, 7) is 8.51. The van der Waals surface area contributed by atoms with Gasteiger partial charge in [0.2, 0.25) is 0 Å². The normalized spacial score (nSPS) is 21.0. The number of anilines is 1. The smallest absolute Gasteiger partial charge is 0.254 e. The zero-order valence-corrected chi connectivity index (χ0v) is 20.3. The van der Waals surface area contributed by atoms with E-state index in [0.717, 1.165) is 73.8 Å². The van der Waals surface area contributed by atoms with Crippen LogP contribution in [0.1, 0.15) is 67.2 Å². The number of fused-ring (bicyclic) bond motifs is 1.